The first kappa shape index (κ1) is 8.53. The molecule has 1 aliphatic carbocycles. The van der Waals surface area contributed by atoms with Crippen molar-refractivity contribution in [2.45, 2.75) is 32.5 Å². The van der Waals surface area contributed by atoms with Crippen LogP contribution >= 0.6 is 0 Å². The number of esters is 1. The van der Waals surface area contributed by atoms with Crippen LogP contribution in [0.1, 0.15) is 26.7 Å². The smallest absolute Gasteiger partial charge is 0.311 e. The predicted molar refractivity (Wildman–Crippen MR) is 39.9 cm³/mol. The summed E-state index contributed by atoms with van der Waals surface area (Å²) in [5, 5.41) is 0. The summed E-state index contributed by atoms with van der Waals surface area (Å²) in [6, 6.07) is 0. The van der Waals surface area contributed by atoms with E-state index in [2.05, 4.69) is 0 Å². The van der Waals surface area contributed by atoms with E-state index in [1.165, 1.54) is 7.11 Å². The summed E-state index contributed by atoms with van der Waals surface area (Å²) >= 11 is 0. The van der Waals surface area contributed by atoms with Crippen molar-refractivity contribution in [3.05, 3.63) is 0 Å². The monoisotopic (exact) mass is 158 g/mol. The van der Waals surface area contributed by atoms with E-state index in [9.17, 15) is 4.79 Å². The molecule has 0 amide bonds. The minimum Gasteiger partial charge on any atom is -0.433 e. The van der Waals surface area contributed by atoms with Gasteiger partial charge in [-0.05, 0) is 12.8 Å². The van der Waals surface area contributed by atoms with E-state index in [1.54, 1.807) is 13.8 Å². The molecule has 0 atom stereocenters. The van der Waals surface area contributed by atoms with Gasteiger partial charge in [0.15, 0.2) is 0 Å². The van der Waals surface area contributed by atoms with Gasteiger partial charge in [-0.3, -0.25) is 4.79 Å². The van der Waals surface area contributed by atoms with Gasteiger partial charge in [0.05, 0.1) is 5.92 Å². The molecule has 0 heterocycles. The zero-order valence-corrected chi connectivity index (χ0v) is 7.22. The van der Waals surface area contributed by atoms with Crippen LogP contribution in [0.2, 0.25) is 0 Å². The van der Waals surface area contributed by atoms with Gasteiger partial charge in [-0.15, -0.1) is 0 Å². The first-order chi connectivity index (χ1) is 5.05. The summed E-state index contributed by atoms with van der Waals surface area (Å²) in [6.07, 6.45) is 1.94. The fourth-order valence-electron chi connectivity index (χ4n) is 0.686. The molecule has 11 heavy (non-hydrogen) atoms. The lowest BCUT2D eigenvalue weighted by Gasteiger charge is -2.22. The molecule has 1 rings (SSSR count). The number of carbonyl (C=O) groups is 1. The minimum absolute atomic E-state index is 0.128. The number of hydrogen-bond donors (Lipinski definition) is 0. The molecule has 0 N–H and O–H groups in total. The summed E-state index contributed by atoms with van der Waals surface area (Å²) < 4.78 is 9.99. The Morgan fingerprint density at radius 1 is 1.45 bits per heavy atom. The van der Waals surface area contributed by atoms with Gasteiger partial charge in [0, 0.05) is 21.0 Å². The van der Waals surface area contributed by atoms with Crippen LogP contribution in [0, 0.1) is 5.92 Å². The van der Waals surface area contributed by atoms with Crippen LogP contribution in [-0.4, -0.2) is 18.9 Å². The number of ether oxygens (including phenoxy) is 2. The summed E-state index contributed by atoms with van der Waals surface area (Å²) in [5.74, 6) is -0.749. The predicted octanol–water partition coefficient (Wildman–Crippen LogP) is 1.32. The van der Waals surface area contributed by atoms with Gasteiger partial charge in [0.2, 0.25) is 5.79 Å². The molecule has 0 aliphatic heterocycles. The molecule has 0 saturated heterocycles. The number of carbonyl (C=O) groups excluding carboxylic acids is 1. The first-order valence-corrected chi connectivity index (χ1v) is 3.83. The highest BCUT2D eigenvalue weighted by molar-refractivity contribution is 5.75. The zero-order chi connectivity index (χ0) is 8.48. The Bertz CT molecular complexity index is 159. The van der Waals surface area contributed by atoms with Crippen molar-refractivity contribution < 1.29 is 14.3 Å². The normalized spacial score (nSPS) is 18.1. The molecule has 3 nitrogen and oxygen atoms in total. The van der Waals surface area contributed by atoms with E-state index in [4.69, 9.17) is 9.47 Å². The van der Waals surface area contributed by atoms with Crippen molar-refractivity contribution in [1.29, 1.82) is 0 Å². The van der Waals surface area contributed by atoms with E-state index in [1.807, 2.05) is 0 Å². The van der Waals surface area contributed by atoms with Crippen molar-refractivity contribution in [2.75, 3.05) is 7.11 Å². The molecule has 1 aliphatic rings. The van der Waals surface area contributed by atoms with Crippen molar-refractivity contribution >= 4 is 5.97 Å². The SMILES string of the molecule is COC(C)(C)OC(=O)C1CC1. The maximum absolute atomic E-state index is 11.1. The quantitative estimate of drug-likeness (QED) is 0.459. The zero-order valence-electron chi connectivity index (χ0n) is 7.22. The summed E-state index contributed by atoms with van der Waals surface area (Å²) in [6.45, 7) is 3.46. The van der Waals surface area contributed by atoms with Crippen molar-refractivity contribution in [2.24, 2.45) is 5.92 Å². The molecule has 0 bridgehead atoms. The molecule has 0 spiro atoms. The highest BCUT2D eigenvalue weighted by atomic mass is 16.7. The third kappa shape index (κ3) is 2.50. The molecule has 64 valence electrons. The molecular formula is C8H14O3. The Morgan fingerprint density at radius 2 is 2.00 bits per heavy atom. The maximum atomic E-state index is 11.1. The third-order valence-electron chi connectivity index (χ3n) is 1.75. The summed E-state index contributed by atoms with van der Waals surface area (Å²) in [4.78, 5) is 11.1. The Kier molecular flexibility index (Phi) is 2.18. The fraction of sp³-hybridized carbons (Fsp3) is 0.875. The van der Waals surface area contributed by atoms with Gasteiger partial charge in [0.1, 0.15) is 0 Å². The Morgan fingerprint density at radius 3 is 2.36 bits per heavy atom. The summed E-state index contributed by atoms with van der Waals surface area (Å²) in [7, 11) is 1.53. The Hall–Kier alpha value is -0.570. The van der Waals surface area contributed by atoms with Crippen LogP contribution in [-0.2, 0) is 14.3 Å². The second-order valence-corrected chi connectivity index (χ2v) is 3.30. The van der Waals surface area contributed by atoms with Gasteiger partial charge in [-0.1, -0.05) is 0 Å². The maximum Gasteiger partial charge on any atom is 0.311 e. The van der Waals surface area contributed by atoms with Crippen LogP contribution in [0.15, 0.2) is 0 Å². The first-order valence-electron chi connectivity index (χ1n) is 3.83. The lowest BCUT2D eigenvalue weighted by molar-refractivity contribution is -0.207. The molecule has 0 aromatic rings. The molecule has 1 saturated carbocycles. The van der Waals surface area contributed by atoms with Gasteiger partial charge in [0.25, 0.3) is 0 Å². The average molecular weight is 158 g/mol. The van der Waals surface area contributed by atoms with Gasteiger partial charge in [-0.2, -0.15) is 0 Å². The van der Waals surface area contributed by atoms with Crippen LogP contribution in [0.4, 0.5) is 0 Å². The minimum atomic E-state index is -0.764. The third-order valence-corrected chi connectivity index (χ3v) is 1.75. The molecule has 0 aromatic heterocycles. The van der Waals surface area contributed by atoms with E-state index in [-0.39, 0.29) is 11.9 Å². The molecule has 0 radical (unpaired) electrons. The highest BCUT2D eigenvalue weighted by Gasteiger charge is 2.35. The van der Waals surface area contributed by atoms with Gasteiger partial charge < -0.3 is 9.47 Å². The van der Waals surface area contributed by atoms with E-state index in [0.29, 0.717) is 0 Å². The summed E-state index contributed by atoms with van der Waals surface area (Å²) in [5.41, 5.74) is 0. The van der Waals surface area contributed by atoms with Crippen LogP contribution in [0.3, 0.4) is 0 Å². The van der Waals surface area contributed by atoms with Crippen molar-refractivity contribution in [3.63, 3.8) is 0 Å². The van der Waals surface area contributed by atoms with Crippen LogP contribution < -0.4 is 0 Å². The van der Waals surface area contributed by atoms with Crippen molar-refractivity contribution in [3.8, 4) is 0 Å². The standard InChI is InChI=1S/C8H14O3/c1-8(2,10-3)11-7(9)6-4-5-6/h6H,4-5H2,1-3H3. The molecule has 1 fully saturated rings. The molecule has 0 aromatic carbocycles. The number of rotatable bonds is 3. The highest BCUT2D eigenvalue weighted by Crippen LogP contribution is 2.31. The second-order valence-electron chi connectivity index (χ2n) is 3.30. The van der Waals surface area contributed by atoms with E-state index < -0.39 is 5.79 Å². The van der Waals surface area contributed by atoms with E-state index in [0.717, 1.165) is 12.8 Å². The lowest BCUT2D eigenvalue weighted by atomic mass is 10.3. The van der Waals surface area contributed by atoms with Crippen molar-refractivity contribution in [1.82, 2.24) is 0 Å². The van der Waals surface area contributed by atoms with E-state index >= 15 is 0 Å². The largest absolute Gasteiger partial charge is 0.433 e. The Labute approximate surface area is 66.7 Å². The number of methoxy groups -OCH3 is 1. The molecule has 0 unspecified atom stereocenters. The van der Waals surface area contributed by atoms with Gasteiger partial charge in [-0.25, -0.2) is 0 Å². The molecule has 3 heteroatoms. The topological polar surface area (TPSA) is 35.5 Å². The fourth-order valence-corrected chi connectivity index (χ4v) is 0.686. The lowest BCUT2D eigenvalue weighted by Crippen LogP contribution is -2.30. The molecular weight excluding hydrogens is 144 g/mol. The van der Waals surface area contributed by atoms with Gasteiger partial charge >= 0.3 is 5.97 Å². The second kappa shape index (κ2) is 2.81. The average Bonchev–Trinajstić information content (AvgIpc) is 2.67. The Balaban J connectivity index is 2.33. The van der Waals surface area contributed by atoms with Crippen LogP contribution in [0.5, 0.6) is 0 Å². The van der Waals surface area contributed by atoms with Crippen LogP contribution in [0.25, 0.3) is 0 Å². The number of hydrogen-bond acceptors (Lipinski definition) is 3.